The molecule has 2 aromatic carbocycles. The molecule has 0 aliphatic carbocycles. The van der Waals surface area contributed by atoms with E-state index in [2.05, 4.69) is 0 Å². The van der Waals surface area contributed by atoms with E-state index < -0.39 is 0 Å². The van der Waals surface area contributed by atoms with Crippen LogP contribution in [0, 0.1) is 0 Å². The van der Waals surface area contributed by atoms with Gasteiger partial charge in [-0.3, -0.25) is 4.79 Å². The highest BCUT2D eigenvalue weighted by atomic mass is 32.1. The number of amides is 1. The summed E-state index contributed by atoms with van der Waals surface area (Å²) in [4.78, 5) is 14.5. The number of rotatable bonds is 3. The Balaban J connectivity index is 2.03. The average Bonchev–Trinajstić information content (AvgIpc) is 2.92. The van der Waals surface area contributed by atoms with Gasteiger partial charge in [-0.05, 0) is 25.1 Å². The van der Waals surface area contributed by atoms with Crippen molar-refractivity contribution in [2.45, 2.75) is 6.92 Å². The predicted molar refractivity (Wildman–Crippen MR) is 87.3 cm³/mol. The van der Waals surface area contributed by atoms with Gasteiger partial charge in [0.2, 0.25) is 0 Å². The molecule has 106 valence electrons. The van der Waals surface area contributed by atoms with Crippen molar-refractivity contribution in [3.63, 3.8) is 0 Å². The number of thiophene rings is 1. The lowest BCUT2D eigenvalue weighted by atomic mass is 10.1. The summed E-state index contributed by atoms with van der Waals surface area (Å²) >= 11 is 1.57. The summed E-state index contributed by atoms with van der Waals surface area (Å²) in [5.41, 5.74) is 1.42. The zero-order valence-corrected chi connectivity index (χ0v) is 12.4. The molecule has 1 heterocycles. The lowest BCUT2D eigenvalue weighted by Gasteiger charge is -2.21. The fourth-order valence-corrected chi connectivity index (χ4v) is 3.33. The highest BCUT2D eigenvalue weighted by molar-refractivity contribution is 7.17. The largest absolute Gasteiger partial charge is 0.508 e. The minimum Gasteiger partial charge on any atom is -0.508 e. The van der Waals surface area contributed by atoms with Gasteiger partial charge in [-0.2, -0.15) is 0 Å². The number of hydrogen-bond donors (Lipinski definition) is 1. The Morgan fingerprint density at radius 3 is 2.76 bits per heavy atom. The van der Waals surface area contributed by atoms with Gasteiger partial charge in [-0.25, -0.2) is 0 Å². The molecule has 0 radical (unpaired) electrons. The minimum absolute atomic E-state index is 0.0412. The van der Waals surface area contributed by atoms with Crippen LogP contribution in [0.2, 0.25) is 0 Å². The first kappa shape index (κ1) is 13.6. The monoisotopic (exact) mass is 297 g/mol. The predicted octanol–water partition coefficient (Wildman–Crippen LogP) is 4.27. The molecule has 21 heavy (non-hydrogen) atoms. The van der Waals surface area contributed by atoms with Crippen LogP contribution in [0.3, 0.4) is 0 Å². The standard InChI is InChI=1S/C17H15NO2S/c1-2-18(12-6-5-7-13(19)10-12)17(20)15-11-21-16-9-4-3-8-14(15)16/h3-11,19H,2H2,1H3. The lowest BCUT2D eigenvalue weighted by molar-refractivity contribution is 0.0990. The first-order valence-electron chi connectivity index (χ1n) is 6.78. The van der Waals surface area contributed by atoms with Gasteiger partial charge in [0.25, 0.3) is 5.91 Å². The van der Waals surface area contributed by atoms with Crippen LogP contribution in [0.15, 0.2) is 53.9 Å². The van der Waals surface area contributed by atoms with Gasteiger partial charge >= 0.3 is 0 Å². The van der Waals surface area contributed by atoms with Crippen LogP contribution in [-0.2, 0) is 0 Å². The highest BCUT2D eigenvalue weighted by Gasteiger charge is 2.19. The van der Waals surface area contributed by atoms with E-state index in [1.807, 2.05) is 42.6 Å². The third-order valence-corrected chi connectivity index (χ3v) is 4.38. The normalized spacial score (nSPS) is 10.7. The Bertz CT molecular complexity index is 794. The van der Waals surface area contributed by atoms with Gasteiger partial charge in [0, 0.05) is 33.8 Å². The third kappa shape index (κ3) is 2.50. The first-order chi connectivity index (χ1) is 10.2. The molecule has 0 spiro atoms. The van der Waals surface area contributed by atoms with E-state index in [0.29, 0.717) is 17.8 Å². The second-order valence-electron chi connectivity index (χ2n) is 4.71. The molecule has 3 rings (SSSR count). The summed E-state index contributed by atoms with van der Waals surface area (Å²) in [6.45, 7) is 2.48. The van der Waals surface area contributed by atoms with Gasteiger partial charge in [0.05, 0.1) is 5.56 Å². The van der Waals surface area contributed by atoms with Crippen LogP contribution in [-0.4, -0.2) is 17.6 Å². The van der Waals surface area contributed by atoms with E-state index in [0.717, 1.165) is 10.1 Å². The molecule has 3 nitrogen and oxygen atoms in total. The van der Waals surface area contributed by atoms with Crippen molar-refractivity contribution in [2.75, 3.05) is 11.4 Å². The van der Waals surface area contributed by atoms with Crippen molar-refractivity contribution in [3.8, 4) is 5.75 Å². The van der Waals surface area contributed by atoms with Crippen LogP contribution < -0.4 is 4.90 Å². The fourth-order valence-electron chi connectivity index (χ4n) is 2.39. The van der Waals surface area contributed by atoms with Crippen molar-refractivity contribution in [1.82, 2.24) is 0 Å². The molecule has 0 fully saturated rings. The average molecular weight is 297 g/mol. The van der Waals surface area contributed by atoms with Gasteiger partial charge < -0.3 is 10.0 Å². The van der Waals surface area contributed by atoms with Gasteiger partial charge in [0.1, 0.15) is 5.75 Å². The highest BCUT2D eigenvalue weighted by Crippen LogP contribution is 2.29. The summed E-state index contributed by atoms with van der Waals surface area (Å²) in [5, 5.41) is 12.5. The van der Waals surface area contributed by atoms with Crippen molar-refractivity contribution >= 4 is 33.0 Å². The molecule has 0 aliphatic heterocycles. The maximum atomic E-state index is 12.8. The maximum absolute atomic E-state index is 12.8. The maximum Gasteiger partial charge on any atom is 0.259 e. The Labute approximate surface area is 127 Å². The number of carbonyl (C=O) groups is 1. The number of anilines is 1. The van der Waals surface area contributed by atoms with Crippen molar-refractivity contribution in [2.24, 2.45) is 0 Å². The van der Waals surface area contributed by atoms with Crippen molar-refractivity contribution in [1.29, 1.82) is 0 Å². The zero-order chi connectivity index (χ0) is 14.8. The molecule has 3 aromatic rings. The van der Waals surface area contributed by atoms with Gasteiger partial charge in [-0.1, -0.05) is 24.3 Å². The number of fused-ring (bicyclic) bond motifs is 1. The molecule has 0 bridgehead atoms. The Kier molecular flexibility index (Phi) is 3.62. The molecule has 0 aliphatic rings. The number of benzene rings is 2. The third-order valence-electron chi connectivity index (χ3n) is 3.41. The lowest BCUT2D eigenvalue weighted by Crippen LogP contribution is -2.30. The first-order valence-corrected chi connectivity index (χ1v) is 7.66. The molecule has 0 saturated carbocycles. The van der Waals surface area contributed by atoms with E-state index in [-0.39, 0.29) is 11.7 Å². The summed E-state index contributed by atoms with van der Waals surface area (Å²) in [5.74, 6) is 0.120. The SMILES string of the molecule is CCN(C(=O)c1csc2ccccc12)c1cccc(O)c1. The molecule has 0 unspecified atom stereocenters. The molecule has 4 heteroatoms. The van der Waals surface area contributed by atoms with Gasteiger partial charge in [0.15, 0.2) is 0 Å². The molecule has 0 saturated heterocycles. The van der Waals surface area contributed by atoms with E-state index in [1.54, 1.807) is 34.4 Å². The van der Waals surface area contributed by atoms with E-state index in [4.69, 9.17) is 0 Å². The topological polar surface area (TPSA) is 40.5 Å². The van der Waals surface area contributed by atoms with Crippen LogP contribution >= 0.6 is 11.3 Å². The summed E-state index contributed by atoms with van der Waals surface area (Å²) in [6, 6.07) is 14.7. The number of hydrogen-bond acceptors (Lipinski definition) is 3. The Morgan fingerprint density at radius 1 is 1.19 bits per heavy atom. The van der Waals surface area contributed by atoms with E-state index in [1.165, 1.54) is 0 Å². The number of nitrogens with zero attached hydrogens (tertiary/aromatic N) is 1. The van der Waals surface area contributed by atoms with Crippen molar-refractivity contribution < 1.29 is 9.90 Å². The van der Waals surface area contributed by atoms with E-state index in [9.17, 15) is 9.90 Å². The van der Waals surface area contributed by atoms with E-state index >= 15 is 0 Å². The van der Waals surface area contributed by atoms with Gasteiger partial charge in [-0.15, -0.1) is 11.3 Å². The van der Waals surface area contributed by atoms with Crippen LogP contribution in [0.25, 0.3) is 10.1 Å². The second kappa shape index (κ2) is 5.58. The Hall–Kier alpha value is -2.33. The smallest absolute Gasteiger partial charge is 0.259 e. The molecule has 1 N–H and O–H groups in total. The Morgan fingerprint density at radius 2 is 2.00 bits per heavy atom. The molecule has 1 aromatic heterocycles. The quantitative estimate of drug-likeness (QED) is 0.784. The molecule has 0 atom stereocenters. The summed E-state index contributed by atoms with van der Waals surface area (Å²) < 4.78 is 1.10. The van der Waals surface area contributed by atoms with Crippen molar-refractivity contribution in [3.05, 3.63) is 59.5 Å². The van der Waals surface area contributed by atoms with Crippen LogP contribution in [0.5, 0.6) is 5.75 Å². The number of aromatic hydroxyl groups is 1. The number of phenols is 1. The number of carbonyl (C=O) groups excluding carboxylic acids is 1. The summed E-state index contributed by atoms with van der Waals surface area (Å²) in [6.07, 6.45) is 0. The molecular formula is C17H15NO2S. The van der Waals surface area contributed by atoms with Crippen LogP contribution in [0.4, 0.5) is 5.69 Å². The fraction of sp³-hybridized carbons (Fsp3) is 0.118. The van der Waals surface area contributed by atoms with Crippen LogP contribution in [0.1, 0.15) is 17.3 Å². The minimum atomic E-state index is -0.0412. The second-order valence-corrected chi connectivity index (χ2v) is 5.63. The molecular weight excluding hydrogens is 282 g/mol. The number of phenolic OH excluding ortho intramolecular Hbond substituents is 1. The summed E-state index contributed by atoms with van der Waals surface area (Å²) in [7, 11) is 0. The zero-order valence-electron chi connectivity index (χ0n) is 11.6. The molecule has 1 amide bonds.